The van der Waals surface area contributed by atoms with Crippen molar-refractivity contribution in [1.82, 2.24) is 19.7 Å². The lowest BCUT2D eigenvalue weighted by atomic mass is 10.0. The Kier molecular flexibility index (Phi) is 26.6. The molecule has 0 unspecified atom stereocenters. The van der Waals surface area contributed by atoms with Crippen molar-refractivity contribution in [3.8, 4) is 0 Å². The molecule has 0 bridgehead atoms. The molecule has 1 aliphatic heterocycles. The van der Waals surface area contributed by atoms with E-state index in [1.165, 1.54) is 171 Å². The number of esters is 2. The first-order valence-corrected chi connectivity index (χ1v) is 23.6. The molecule has 1 aliphatic rings. The zero-order valence-electron chi connectivity index (χ0n) is 36.0. The quantitative estimate of drug-likeness (QED) is 0.0508. The van der Waals surface area contributed by atoms with Gasteiger partial charge in [-0.3, -0.25) is 14.4 Å². The molecule has 0 aliphatic carbocycles. The third-order valence-electron chi connectivity index (χ3n) is 11.6. The van der Waals surface area contributed by atoms with E-state index in [4.69, 9.17) is 14.2 Å². The molecular formula is C46H80N4O7. The van der Waals surface area contributed by atoms with Crippen LogP contribution in [0, 0.1) is 0 Å². The number of hydrogen-bond donors (Lipinski definition) is 2. The normalized spacial score (nSPS) is 18.1. The lowest BCUT2D eigenvalue weighted by molar-refractivity contribution is -0.159. The van der Waals surface area contributed by atoms with Gasteiger partial charge in [0.05, 0.1) is 12.5 Å². The molecule has 0 radical (unpaired) electrons. The van der Waals surface area contributed by atoms with Crippen molar-refractivity contribution < 1.29 is 28.9 Å². The molecule has 2 aromatic rings. The number of aliphatic hydroxyl groups is 1. The van der Waals surface area contributed by atoms with Gasteiger partial charge in [-0.1, -0.05) is 194 Å². The molecule has 3 heterocycles. The Morgan fingerprint density at radius 2 is 1.09 bits per heavy atom. The summed E-state index contributed by atoms with van der Waals surface area (Å²) in [7, 11) is 0. The third kappa shape index (κ3) is 20.2. The summed E-state index contributed by atoms with van der Waals surface area (Å²) in [5, 5.41) is 15.9. The number of hydrogen-bond acceptors (Lipinski definition) is 9. The molecule has 11 nitrogen and oxygen atoms in total. The van der Waals surface area contributed by atoms with E-state index in [2.05, 4.69) is 28.9 Å². The van der Waals surface area contributed by atoms with E-state index in [0.717, 1.165) is 32.1 Å². The molecule has 1 saturated heterocycles. The molecule has 4 atom stereocenters. The van der Waals surface area contributed by atoms with Crippen molar-refractivity contribution in [2.45, 2.75) is 244 Å². The summed E-state index contributed by atoms with van der Waals surface area (Å²) in [6.45, 7) is 4.34. The predicted molar refractivity (Wildman–Crippen MR) is 228 cm³/mol. The molecule has 0 amide bonds. The van der Waals surface area contributed by atoms with Gasteiger partial charge in [0.2, 0.25) is 0 Å². The number of carbonyl (C=O) groups excluding carboxylic acids is 2. The van der Waals surface area contributed by atoms with E-state index in [1.807, 2.05) is 0 Å². The summed E-state index contributed by atoms with van der Waals surface area (Å²) in [4.78, 5) is 44.8. The minimum Gasteiger partial charge on any atom is -0.463 e. The smallest absolute Gasteiger partial charge is 0.306 e. The zero-order chi connectivity index (χ0) is 40.8. The molecule has 326 valence electrons. The average Bonchev–Trinajstić information content (AvgIpc) is 3.77. The molecule has 2 N–H and O–H groups in total. The van der Waals surface area contributed by atoms with Gasteiger partial charge in [0.1, 0.15) is 24.2 Å². The van der Waals surface area contributed by atoms with Crippen LogP contribution >= 0.6 is 0 Å². The van der Waals surface area contributed by atoms with E-state index in [9.17, 15) is 19.5 Å². The molecule has 1 fully saturated rings. The van der Waals surface area contributed by atoms with Crippen molar-refractivity contribution in [1.29, 1.82) is 0 Å². The van der Waals surface area contributed by atoms with Crippen molar-refractivity contribution in [2.24, 2.45) is 0 Å². The first kappa shape index (κ1) is 48.6. The molecule has 0 saturated carbocycles. The van der Waals surface area contributed by atoms with Gasteiger partial charge < -0.3 is 24.3 Å². The summed E-state index contributed by atoms with van der Waals surface area (Å²) in [6, 6.07) is 0. The number of H-pyrrole nitrogens is 1. The number of unbranched alkanes of at least 4 members (excludes halogenated alkanes) is 28. The lowest BCUT2D eigenvalue weighted by Crippen LogP contribution is -2.38. The molecule has 0 spiro atoms. The van der Waals surface area contributed by atoms with Crippen LogP contribution in [0.2, 0.25) is 0 Å². The second-order valence-electron chi connectivity index (χ2n) is 16.7. The fourth-order valence-electron chi connectivity index (χ4n) is 7.98. The van der Waals surface area contributed by atoms with Crippen LogP contribution in [-0.4, -0.2) is 61.7 Å². The number of rotatable bonds is 36. The monoisotopic (exact) mass is 801 g/mol. The van der Waals surface area contributed by atoms with Crippen LogP contribution in [0.5, 0.6) is 0 Å². The van der Waals surface area contributed by atoms with Crippen LogP contribution in [-0.2, 0) is 23.8 Å². The topological polar surface area (TPSA) is 146 Å². The summed E-state index contributed by atoms with van der Waals surface area (Å²) >= 11 is 0. The van der Waals surface area contributed by atoms with Crippen molar-refractivity contribution >= 4 is 23.0 Å². The predicted octanol–water partition coefficient (Wildman–Crippen LogP) is 11.4. The maximum atomic E-state index is 13.0. The Balaban J connectivity index is 1.32. The summed E-state index contributed by atoms with van der Waals surface area (Å²) in [6.07, 6.45) is 36.2. The summed E-state index contributed by atoms with van der Waals surface area (Å²) < 4.78 is 18.9. The molecule has 57 heavy (non-hydrogen) atoms. The fraction of sp³-hybridized carbons (Fsp3) is 0.848. The van der Waals surface area contributed by atoms with Crippen LogP contribution in [0.25, 0.3) is 11.0 Å². The van der Waals surface area contributed by atoms with Crippen LogP contribution in [0.4, 0.5) is 0 Å². The second-order valence-corrected chi connectivity index (χ2v) is 16.7. The third-order valence-corrected chi connectivity index (χ3v) is 11.6. The van der Waals surface area contributed by atoms with Crippen molar-refractivity contribution in [3.63, 3.8) is 0 Å². The number of nitrogens with one attached hydrogen (secondary N) is 1. The Labute approximate surface area is 344 Å². The molecule has 0 aromatic carbocycles. The second kappa shape index (κ2) is 31.2. The van der Waals surface area contributed by atoms with E-state index >= 15 is 0 Å². The van der Waals surface area contributed by atoms with Crippen LogP contribution < -0.4 is 5.56 Å². The number of ether oxygens (including phenoxy) is 3. The maximum absolute atomic E-state index is 13.0. The molecule has 3 rings (SSSR count). The zero-order valence-corrected chi connectivity index (χ0v) is 36.0. The highest BCUT2D eigenvalue weighted by molar-refractivity contribution is 5.73. The Hall–Kier alpha value is -2.79. The highest BCUT2D eigenvalue weighted by Crippen LogP contribution is 2.33. The average molecular weight is 801 g/mol. The molecule has 2 aromatic heterocycles. The fourth-order valence-corrected chi connectivity index (χ4v) is 7.98. The molecular weight excluding hydrogens is 721 g/mol. The lowest BCUT2D eigenvalue weighted by Gasteiger charge is -2.21. The minimum atomic E-state index is -1.26. The van der Waals surface area contributed by atoms with Crippen LogP contribution in [0.1, 0.15) is 226 Å². The van der Waals surface area contributed by atoms with Crippen molar-refractivity contribution in [2.75, 3.05) is 6.61 Å². The number of aromatic amines is 1. The molecule has 11 heteroatoms. The Morgan fingerprint density at radius 1 is 0.667 bits per heavy atom. The van der Waals surface area contributed by atoms with Crippen molar-refractivity contribution in [3.05, 3.63) is 22.9 Å². The minimum absolute atomic E-state index is 0.185. The van der Waals surface area contributed by atoms with Gasteiger partial charge in [0, 0.05) is 12.8 Å². The number of fused-ring (bicyclic) bond motifs is 1. The van der Waals surface area contributed by atoms with E-state index in [0.29, 0.717) is 12.8 Å². The number of aliphatic hydroxyl groups excluding tert-OH is 1. The first-order chi connectivity index (χ1) is 28.0. The largest absolute Gasteiger partial charge is 0.463 e. The highest BCUT2D eigenvalue weighted by Gasteiger charge is 2.48. The Bertz CT molecular complexity index is 1380. The Morgan fingerprint density at radius 3 is 1.54 bits per heavy atom. The van der Waals surface area contributed by atoms with Crippen LogP contribution in [0.3, 0.4) is 0 Å². The van der Waals surface area contributed by atoms with Crippen LogP contribution in [0.15, 0.2) is 17.3 Å². The van der Waals surface area contributed by atoms with E-state index in [1.54, 1.807) is 0 Å². The number of nitrogens with zero attached hydrogens (tertiary/aromatic N) is 3. The van der Waals surface area contributed by atoms with E-state index < -0.39 is 30.5 Å². The van der Waals surface area contributed by atoms with Gasteiger partial charge in [0.15, 0.2) is 18.0 Å². The SMILES string of the molecule is CCCCCCCCCCCCCCCCCC(=O)OC[C@H]1O[C@@H](n2ncc3c(=O)[nH]cnc32)[C@H](OC(=O)CCCCCCCCCCCCCCCCC)[C@@H]1O. The maximum Gasteiger partial charge on any atom is 0.306 e. The van der Waals surface area contributed by atoms with E-state index in [-0.39, 0.29) is 35.6 Å². The van der Waals surface area contributed by atoms with Gasteiger partial charge in [-0.05, 0) is 12.8 Å². The summed E-state index contributed by atoms with van der Waals surface area (Å²) in [5.74, 6) is -0.779. The highest BCUT2D eigenvalue weighted by atomic mass is 16.6. The van der Waals surface area contributed by atoms with Gasteiger partial charge in [-0.25, -0.2) is 9.67 Å². The number of carbonyl (C=O) groups is 2. The number of aromatic nitrogens is 4. The van der Waals surface area contributed by atoms with Gasteiger partial charge in [-0.2, -0.15) is 5.10 Å². The van der Waals surface area contributed by atoms with Gasteiger partial charge in [-0.15, -0.1) is 0 Å². The van der Waals surface area contributed by atoms with Gasteiger partial charge >= 0.3 is 11.9 Å². The summed E-state index contributed by atoms with van der Waals surface area (Å²) in [5.41, 5.74) is -0.124. The van der Waals surface area contributed by atoms with Gasteiger partial charge in [0.25, 0.3) is 5.56 Å². The first-order valence-electron chi connectivity index (χ1n) is 23.6. The standard InChI is InChI=1S/C46H80N4O7/c1-3-5-7-9-11-13-15-17-19-21-23-25-27-29-31-33-40(51)55-36-39-42(53)43(46(56-39)50-44-38(35-49-50)45(54)48-37-47-44)57-41(52)34-32-30-28-26-24-22-20-18-16-14-12-10-8-6-4-2/h35,37,39,42-43,46,53H,3-34,36H2,1-2H3,(H,47,48,54)/t39-,42-,43-,46-/m1/s1.